The van der Waals surface area contributed by atoms with Gasteiger partial charge in [-0.2, -0.15) is 0 Å². The van der Waals surface area contributed by atoms with Crippen LogP contribution in [0.4, 0.5) is 0 Å². The van der Waals surface area contributed by atoms with Gasteiger partial charge in [0.05, 0.1) is 5.70 Å². The zero-order valence-electron chi connectivity index (χ0n) is 26.7. The summed E-state index contributed by atoms with van der Waals surface area (Å²) in [6.45, 7) is 14.4. The molecule has 0 bridgehead atoms. The predicted molar refractivity (Wildman–Crippen MR) is 179 cm³/mol. The number of aldehydes is 1. The third kappa shape index (κ3) is 5.88. The van der Waals surface area contributed by atoms with E-state index in [-0.39, 0.29) is 11.3 Å². The van der Waals surface area contributed by atoms with Gasteiger partial charge in [0.25, 0.3) is 5.91 Å². The Morgan fingerprint density at radius 2 is 1.91 bits per heavy atom. The summed E-state index contributed by atoms with van der Waals surface area (Å²) in [6, 6.07) is 12.1. The minimum atomic E-state index is -0.0710. The number of piperidine rings is 1. The van der Waals surface area contributed by atoms with E-state index in [1.807, 2.05) is 36.1 Å². The second-order valence-electron chi connectivity index (χ2n) is 12.9. The maximum absolute atomic E-state index is 13.0. The Morgan fingerprint density at radius 3 is 2.59 bits per heavy atom. The van der Waals surface area contributed by atoms with Gasteiger partial charge in [-0.1, -0.05) is 24.6 Å². The highest BCUT2D eigenvalue weighted by Crippen LogP contribution is 2.82. The molecule has 2 saturated heterocycles. The Labute approximate surface area is 266 Å². The van der Waals surface area contributed by atoms with E-state index in [1.54, 1.807) is 11.8 Å². The zero-order valence-corrected chi connectivity index (χ0v) is 27.5. The lowest BCUT2D eigenvalue weighted by Gasteiger charge is -2.47. The topological polar surface area (TPSA) is 82.4 Å². The number of benzene rings is 2. The van der Waals surface area contributed by atoms with Crippen molar-refractivity contribution in [1.82, 2.24) is 9.80 Å². The van der Waals surface area contributed by atoms with Gasteiger partial charge in [0.1, 0.15) is 18.6 Å². The Morgan fingerprint density at radius 1 is 1.14 bits per heavy atom. The molecule has 2 aromatic rings. The third-order valence-electron chi connectivity index (χ3n) is 10.5. The van der Waals surface area contributed by atoms with Gasteiger partial charge in [-0.05, 0) is 111 Å². The van der Waals surface area contributed by atoms with Crippen molar-refractivity contribution in [3.8, 4) is 5.75 Å². The monoisotopic (exact) mass is 617 g/mol. The summed E-state index contributed by atoms with van der Waals surface area (Å²) in [7, 11) is 1.00. The van der Waals surface area contributed by atoms with E-state index < -0.39 is 0 Å². The Balaban J connectivity index is 0.00000188. The van der Waals surface area contributed by atoms with Gasteiger partial charge < -0.3 is 19.5 Å². The second kappa shape index (κ2) is 13.6. The highest BCUT2D eigenvalue weighted by atomic mass is 32.2. The molecule has 7 nitrogen and oxygen atoms in total. The first-order chi connectivity index (χ1) is 21.3. The molecule has 4 atom stereocenters. The molecule has 44 heavy (non-hydrogen) atoms. The minimum Gasteiger partial charge on any atom is -0.488 e. The van der Waals surface area contributed by atoms with Crippen LogP contribution in [0.5, 0.6) is 5.75 Å². The number of nitrogens with zero attached hydrogens (tertiary/aromatic N) is 3. The van der Waals surface area contributed by atoms with Gasteiger partial charge in [0, 0.05) is 55.7 Å². The molecule has 8 heteroatoms. The number of amides is 1. The van der Waals surface area contributed by atoms with E-state index in [2.05, 4.69) is 48.0 Å². The van der Waals surface area contributed by atoms with Crippen LogP contribution in [0.3, 0.4) is 0 Å². The van der Waals surface area contributed by atoms with Crippen LogP contribution in [0.25, 0.3) is 5.70 Å². The van der Waals surface area contributed by atoms with Crippen LogP contribution in [0.15, 0.2) is 46.8 Å². The van der Waals surface area contributed by atoms with Crippen molar-refractivity contribution in [3.05, 3.63) is 69.6 Å². The van der Waals surface area contributed by atoms with Crippen LogP contribution < -0.4 is 4.74 Å². The summed E-state index contributed by atoms with van der Waals surface area (Å²) in [5, 5.41) is 9.09. The van der Waals surface area contributed by atoms with Crippen molar-refractivity contribution >= 4 is 36.4 Å². The lowest BCUT2D eigenvalue weighted by atomic mass is 9.54. The largest absolute Gasteiger partial charge is 0.488 e. The number of aliphatic imine (C=N–C) groups is 1. The molecule has 2 saturated carbocycles. The molecule has 6 rings (SSSR count). The average Bonchev–Trinajstić information content (AvgIpc) is 3.60. The predicted octanol–water partition coefficient (Wildman–Crippen LogP) is 6.35. The number of likely N-dealkylation sites (tertiary alicyclic amines) is 2. The van der Waals surface area contributed by atoms with Crippen LogP contribution in [-0.4, -0.2) is 73.0 Å². The van der Waals surface area contributed by atoms with Gasteiger partial charge in [0.2, 0.25) is 0 Å². The molecule has 4 aliphatic rings. The quantitative estimate of drug-likeness (QED) is 0.234. The summed E-state index contributed by atoms with van der Waals surface area (Å²) in [5.41, 5.74) is 6.07. The fraction of sp³-hybridized carbons (Fsp3) is 0.528. The molecule has 4 unspecified atom stereocenters. The number of ether oxygens (including phenoxy) is 1. The second-order valence-corrected chi connectivity index (χ2v) is 13.7. The van der Waals surface area contributed by atoms with Gasteiger partial charge in [-0.25, -0.2) is 0 Å². The van der Waals surface area contributed by atoms with Crippen molar-refractivity contribution < 1.29 is 19.4 Å². The van der Waals surface area contributed by atoms with Crippen LogP contribution >= 0.6 is 11.8 Å². The molecule has 2 heterocycles. The molecule has 0 radical (unpaired) electrons. The molecule has 2 aliphatic heterocycles. The third-order valence-corrected chi connectivity index (χ3v) is 11.5. The number of aliphatic hydroxyl groups excluding tert-OH is 1. The lowest BCUT2D eigenvalue weighted by Crippen LogP contribution is -2.50. The van der Waals surface area contributed by atoms with Crippen LogP contribution in [-0.2, 0) is 11.4 Å². The number of carbonyl (C=O) groups is 2. The lowest BCUT2D eigenvalue weighted by molar-refractivity contribution is -0.130. The Bertz CT molecular complexity index is 1420. The van der Waals surface area contributed by atoms with Crippen molar-refractivity contribution in [2.24, 2.45) is 27.7 Å². The molecular weight excluding hydrogens is 570 g/mol. The van der Waals surface area contributed by atoms with E-state index in [1.165, 1.54) is 19.1 Å². The molecule has 4 fully saturated rings. The SMILES string of the molecule is C=N/C(=C\SCN1CC2C(C=O)(CC)C3CC23C1)c1cc(C)ccc1OCc1ccc(C(=O)N2CCCCC2)cc1C.CO. The standard InChI is InChI=1S/C35H43N3O3S.CH4O/c1-5-34(22-39)31-17-35(31)21-37(18-32(34)35)23-42-20-29(36-4)28-15-24(2)9-12-30(28)41-19-27-11-10-26(16-25(27)3)33(40)38-13-7-6-8-14-38;1-2/h9-12,15-16,20,22,31-32H,4-8,13-14,17-19,21,23H2,1-3H3;2H,1H3/b29-20-;. The summed E-state index contributed by atoms with van der Waals surface area (Å²) in [5.74, 6) is 2.91. The maximum atomic E-state index is 13.0. The smallest absolute Gasteiger partial charge is 0.253 e. The molecule has 236 valence electrons. The van der Waals surface area contributed by atoms with Gasteiger partial charge in [-0.3, -0.25) is 14.7 Å². The average molecular weight is 618 g/mol. The Hall–Kier alpha value is -2.94. The number of rotatable bonds is 11. The molecule has 2 aromatic carbocycles. The number of hydrogen-bond donors (Lipinski definition) is 1. The molecule has 1 amide bonds. The first-order valence-electron chi connectivity index (χ1n) is 15.9. The molecule has 0 aromatic heterocycles. The number of aryl methyl sites for hydroxylation is 2. The van der Waals surface area contributed by atoms with E-state index >= 15 is 0 Å². The first kappa shape index (κ1) is 32.5. The number of aliphatic hydroxyl groups is 1. The van der Waals surface area contributed by atoms with Crippen molar-refractivity contribution in [2.75, 3.05) is 39.2 Å². The van der Waals surface area contributed by atoms with Crippen molar-refractivity contribution in [3.63, 3.8) is 0 Å². The molecule has 2 aliphatic carbocycles. The van der Waals surface area contributed by atoms with Crippen molar-refractivity contribution in [1.29, 1.82) is 0 Å². The molecule has 1 N–H and O–H groups in total. The van der Waals surface area contributed by atoms with E-state index in [0.29, 0.717) is 23.9 Å². The maximum Gasteiger partial charge on any atom is 0.253 e. The van der Waals surface area contributed by atoms with Crippen molar-refractivity contribution in [2.45, 2.75) is 59.5 Å². The molecular formula is C36H47N3O4S. The van der Waals surface area contributed by atoms with E-state index in [9.17, 15) is 9.59 Å². The summed E-state index contributed by atoms with van der Waals surface area (Å²) < 4.78 is 6.36. The highest BCUT2D eigenvalue weighted by Gasteiger charge is 2.82. The van der Waals surface area contributed by atoms with Gasteiger partial charge in [-0.15, -0.1) is 11.8 Å². The summed E-state index contributed by atoms with van der Waals surface area (Å²) >= 11 is 1.74. The van der Waals surface area contributed by atoms with E-state index in [4.69, 9.17) is 9.84 Å². The number of hydrogen-bond acceptors (Lipinski definition) is 7. The van der Waals surface area contributed by atoms with Crippen LogP contribution in [0.1, 0.15) is 71.6 Å². The Kier molecular flexibility index (Phi) is 10.0. The van der Waals surface area contributed by atoms with E-state index in [0.717, 1.165) is 97.7 Å². The zero-order chi connectivity index (χ0) is 31.5. The number of carbonyl (C=O) groups excluding carboxylic acids is 2. The number of thioether (sulfide) groups is 1. The fourth-order valence-corrected chi connectivity index (χ4v) is 8.97. The molecule has 1 spiro atoms. The van der Waals surface area contributed by atoms with Gasteiger partial charge >= 0.3 is 0 Å². The summed E-state index contributed by atoms with van der Waals surface area (Å²) in [4.78, 5) is 33.8. The van der Waals surface area contributed by atoms with Crippen LogP contribution in [0.2, 0.25) is 0 Å². The minimum absolute atomic E-state index is 0.0710. The van der Waals surface area contributed by atoms with Gasteiger partial charge in [0.15, 0.2) is 0 Å². The first-order valence-corrected chi connectivity index (χ1v) is 16.9. The highest BCUT2D eigenvalue weighted by molar-refractivity contribution is 8.02. The summed E-state index contributed by atoms with van der Waals surface area (Å²) in [6.07, 6.45) is 6.85. The fourth-order valence-electron chi connectivity index (χ4n) is 8.13. The normalized spacial score (nSPS) is 27.3. The van der Waals surface area contributed by atoms with Crippen LogP contribution in [0, 0.1) is 36.5 Å².